The highest BCUT2D eigenvalue weighted by Gasteiger charge is 1.79. The van der Waals surface area contributed by atoms with Gasteiger partial charge in [0.2, 0.25) is 0 Å². The van der Waals surface area contributed by atoms with Crippen molar-refractivity contribution in [3.8, 4) is 0 Å². The molecule has 0 aliphatic heterocycles. The molecule has 0 aromatic carbocycles. The van der Waals surface area contributed by atoms with E-state index in [1.54, 1.807) is 0 Å². The summed E-state index contributed by atoms with van der Waals surface area (Å²) in [6.45, 7) is 8.32. The Morgan fingerprint density at radius 3 is 1.38 bits per heavy atom. The summed E-state index contributed by atoms with van der Waals surface area (Å²) in [4.78, 5) is 0. The van der Waals surface area contributed by atoms with E-state index in [0.29, 0.717) is 6.04 Å². The van der Waals surface area contributed by atoms with Crippen LogP contribution in [0.15, 0.2) is 0 Å². The minimum absolute atomic E-state index is 0.384. The van der Waals surface area contributed by atoms with Gasteiger partial charge in [0.05, 0.1) is 0 Å². The normalized spacial score (nSPS) is 11.6. The predicted molar refractivity (Wildman–Crippen MR) is 39.9 cm³/mol. The van der Waals surface area contributed by atoms with E-state index in [0.717, 1.165) is 6.42 Å². The van der Waals surface area contributed by atoms with Gasteiger partial charge in [-0.3, -0.25) is 0 Å². The maximum Gasteiger partial charge on any atom is 0.000781 e. The molecule has 1 heteroatoms. The van der Waals surface area contributed by atoms with Gasteiger partial charge in [-0.05, 0) is 13.3 Å². The van der Waals surface area contributed by atoms with Crippen molar-refractivity contribution >= 4 is 0 Å². The lowest BCUT2D eigenvalue weighted by atomic mass is 10.3. The number of nitrogens with two attached hydrogens (primary N) is 1. The maximum atomic E-state index is 5.29. The molecular weight excluding hydrogens is 98.1 g/mol. The quantitative estimate of drug-likeness (QED) is 0.559. The summed E-state index contributed by atoms with van der Waals surface area (Å²) < 4.78 is 0. The van der Waals surface area contributed by atoms with Gasteiger partial charge >= 0.3 is 0 Å². The highest BCUT2D eigenvalue weighted by molar-refractivity contribution is 4.43. The first-order valence-electron chi connectivity index (χ1n) is 3.44. The van der Waals surface area contributed by atoms with Crippen molar-refractivity contribution in [1.82, 2.24) is 0 Å². The predicted octanol–water partition coefficient (Wildman–Crippen LogP) is 2.16. The fourth-order valence-electron chi connectivity index (χ4n) is 0. The monoisotopic (exact) mass is 117 g/mol. The van der Waals surface area contributed by atoms with Crippen molar-refractivity contribution in [2.45, 2.75) is 46.6 Å². The van der Waals surface area contributed by atoms with Gasteiger partial charge in [-0.2, -0.15) is 0 Å². The average Bonchev–Trinajstić information content (AvgIpc) is 1.69. The molecule has 0 spiro atoms. The van der Waals surface area contributed by atoms with Crippen LogP contribution in [-0.2, 0) is 0 Å². The summed E-state index contributed by atoms with van der Waals surface area (Å²) in [5.41, 5.74) is 5.29. The Morgan fingerprint density at radius 2 is 1.38 bits per heavy atom. The summed E-state index contributed by atoms with van der Waals surface area (Å²) in [5.74, 6) is 0. The molecule has 1 nitrogen and oxygen atoms in total. The van der Waals surface area contributed by atoms with Crippen molar-refractivity contribution in [1.29, 1.82) is 0 Å². The molecule has 0 aliphatic carbocycles. The maximum absolute atomic E-state index is 5.29. The molecule has 0 aliphatic rings. The van der Waals surface area contributed by atoms with Crippen molar-refractivity contribution in [2.24, 2.45) is 5.73 Å². The van der Waals surface area contributed by atoms with Crippen molar-refractivity contribution in [3.63, 3.8) is 0 Å². The fraction of sp³-hybridized carbons (Fsp3) is 1.00. The SMILES string of the molecule is CCC.CC[C@@H](C)N. The second-order valence-electron chi connectivity index (χ2n) is 2.09. The number of hydrogen-bond acceptors (Lipinski definition) is 1. The van der Waals surface area contributed by atoms with Crippen LogP contribution in [0.25, 0.3) is 0 Å². The molecule has 8 heavy (non-hydrogen) atoms. The molecule has 0 bridgehead atoms. The van der Waals surface area contributed by atoms with E-state index in [9.17, 15) is 0 Å². The molecule has 2 N–H and O–H groups in total. The molecule has 0 unspecified atom stereocenters. The molecule has 0 aromatic heterocycles. The van der Waals surface area contributed by atoms with E-state index in [2.05, 4.69) is 20.8 Å². The minimum atomic E-state index is 0.384. The Morgan fingerprint density at radius 1 is 1.25 bits per heavy atom. The molecule has 0 fully saturated rings. The summed E-state index contributed by atoms with van der Waals surface area (Å²) in [6.07, 6.45) is 2.33. The first-order valence-corrected chi connectivity index (χ1v) is 3.44. The van der Waals surface area contributed by atoms with Gasteiger partial charge in [-0.1, -0.05) is 27.2 Å². The summed E-state index contributed by atoms with van der Waals surface area (Å²) in [5, 5.41) is 0. The lowest BCUT2D eigenvalue weighted by molar-refractivity contribution is 0.715. The summed E-state index contributed by atoms with van der Waals surface area (Å²) in [7, 11) is 0. The van der Waals surface area contributed by atoms with Gasteiger partial charge < -0.3 is 5.73 Å². The molecule has 0 rings (SSSR count). The highest BCUT2D eigenvalue weighted by atomic mass is 14.6. The van der Waals surface area contributed by atoms with Crippen molar-refractivity contribution < 1.29 is 0 Å². The third-order valence-corrected chi connectivity index (χ3v) is 0.644. The summed E-state index contributed by atoms with van der Waals surface area (Å²) >= 11 is 0. The third-order valence-electron chi connectivity index (χ3n) is 0.644. The second-order valence-corrected chi connectivity index (χ2v) is 2.09. The van der Waals surface area contributed by atoms with E-state index in [-0.39, 0.29) is 0 Å². The third kappa shape index (κ3) is 38.2. The Balaban J connectivity index is 0. The van der Waals surface area contributed by atoms with Crippen LogP contribution in [0.3, 0.4) is 0 Å². The van der Waals surface area contributed by atoms with E-state index < -0.39 is 0 Å². The molecule has 1 atom stereocenters. The van der Waals surface area contributed by atoms with Gasteiger partial charge in [-0.25, -0.2) is 0 Å². The van der Waals surface area contributed by atoms with Crippen LogP contribution in [0.5, 0.6) is 0 Å². The lowest BCUT2D eigenvalue weighted by Crippen LogP contribution is -2.11. The topological polar surface area (TPSA) is 26.0 Å². The van der Waals surface area contributed by atoms with E-state index in [1.807, 2.05) is 6.92 Å². The Labute approximate surface area is 53.3 Å². The first-order chi connectivity index (χ1) is 3.68. The summed E-state index contributed by atoms with van der Waals surface area (Å²) in [6, 6.07) is 0.384. The average molecular weight is 117 g/mol. The van der Waals surface area contributed by atoms with Gasteiger partial charge in [0, 0.05) is 6.04 Å². The lowest BCUT2D eigenvalue weighted by Gasteiger charge is -1.91. The molecule has 52 valence electrons. The first kappa shape index (κ1) is 10.9. The molecule has 0 saturated heterocycles. The largest absolute Gasteiger partial charge is 0.328 e. The Hall–Kier alpha value is -0.0400. The van der Waals surface area contributed by atoms with Gasteiger partial charge in [0.1, 0.15) is 0 Å². The second kappa shape index (κ2) is 10.0. The molecule has 0 saturated carbocycles. The molecular formula is C7H19N. The van der Waals surface area contributed by atoms with Gasteiger partial charge in [-0.15, -0.1) is 0 Å². The smallest absolute Gasteiger partial charge is 0.000781 e. The van der Waals surface area contributed by atoms with Crippen LogP contribution >= 0.6 is 0 Å². The number of rotatable bonds is 1. The molecule has 0 aromatic rings. The van der Waals surface area contributed by atoms with Crippen LogP contribution in [0, 0.1) is 0 Å². The highest BCUT2D eigenvalue weighted by Crippen LogP contribution is 1.77. The molecule has 0 amide bonds. The zero-order chi connectivity index (χ0) is 6.99. The standard InChI is InChI=1S/C4H11N.C3H8/c1-3-4(2)5;1-3-2/h4H,3,5H2,1-2H3;3H2,1-2H3/t4-;/m1./s1. The van der Waals surface area contributed by atoms with Crippen LogP contribution in [0.4, 0.5) is 0 Å². The van der Waals surface area contributed by atoms with E-state index in [4.69, 9.17) is 5.73 Å². The van der Waals surface area contributed by atoms with E-state index >= 15 is 0 Å². The van der Waals surface area contributed by atoms with Crippen LogP contribution in [0.2, 0.25) is 0 Å². The fourth-order valence-corrected chi connectivity index (χ4v) is 0. The zero-order valence-electron chi connectivity index (χ0n) is 6.57. The number of hydrogen-bond donors (Lipinski definition) is 1. The van der Waals surface area contributed by atoms with Gasteiger partial charge in [0.25, 0.3) is 0 Å². The molecule has 0 heterocycles. The molecule has 0 radical (unpaired) electrons. The van der Waals surface area contributed by atoms with Crippen LogP contribution in [0.1, 0.15) is 40.5 Å². The zero-order valence-corrected chi connectivity index (χ0v) is 6.57. The Kier molecular flexibility index (Phi) is 13.6. The van der Waals surface area contributed by atoms with Crippen molar-refractivity contribution in [2.75, 3.05) is 0 Å². The van der Waals surface area contributed by atoms with Gasteiger partial charge in [0.15, 0.2) is 0 Å². The van der Waals surface area contributed by atoms with Crippen LogP contribution in [-0.4, -0.2) is 6.04 Å². The minimum Gasteiger partial charge on any atom is -0.328 e. The van der Waals surface area contributed by atoms with E-state index in [1.165, 1.54) is 6.42 Å². The Bertz CT molecular complexity index is 25.6. The van der Waals surface area contributed by atoms with Crippen LogP contribution < -0.4 is 5.73 Å². The van der Waals surface area contributed by atoms with Crippen molar-refractivity contribution in [3.05, 3.63) is 0 Å².